The fourth-order valence-corrected chi connectivity index (χ4v) is 2.54. The van der Waals surface area contributed by atoms with Gasteiger partial charge in [0.2, 0.25) is 6.79 Å². The van der Waals surface area contributed by atoms with Gasteiger partial charge in [-0.2, -0.15) is 13.2 Å². The molecule has 26 heavy (non-hydrogen) atoms. The van der Waals surface area contributed by atoms with Gasteiger partial charge in [-0.3, -0.25) is 9.59 Å². The molecule has 0 N–H and O–H groups in total. The molecule has 1 heterocycles. The Bertz CT molecular complexity index is 856. The lowest BCUT2D eigenvalue weighted by molar-refractivity contribution is -0.140. The van der Waals surface area contributed by atoms with Crippen molar-refractivity contribution in [3.05, 3.63) is 58.7 Å². The number of methoxy groups -OCH3 is 1. The zero-order valence-corrected chi connectivity index (χ0v) is 13.6. The van der Waals surface area contributed by atoms with Crippen LogP contribution in [0.1, 0.15) is 27.0 Å². The third-order valence-corrected chi connectivity index (χ3v) is 3.88. The Morgan fingerprint density at radius 3 is 2.27 bits per heavy atom. The molecule has 0 bridgehead atoms. The van der Waals surface area contributed by atoms with Crippen LogP contribution in [0.25, 0.3) is 0 Å². The first-order valence-electron chi connectivity index (χ1n) is 7.51. The summed E-state index contributed by atoms with van der Waals surface area (Å²) in [5.74, 6) is -0.386. The first kappa shape index (κ1) is 17.8. The van der Waals surface area contributed by atoms with Crippen molar-refractivity contribution >= 4 is 11.8 Å². The minimum atomic E-state index is -4.49. The number of esters is 1. The standard InChI is InChI=1S/C18H13F3O5/c1-24-16(22)7-11-6-14-15(26-9-25-14)8-13(11)17(23)10-2-4-12(5-3-10)18(19,20)21/h2-6,8H,7,9H2,1H3. The van der Waals surface area contributed by atoms with Crippen molar-refractivity contribution in [2.45, 2.75) is 12.6 Å². The maximum Gasteiger partial charge on any atom is 0.416 e. The Kier molecular flexibility index (Phi) is 4.58. The van der Waals surface area contributed by atoms with E-state index in [0.717, 1.165) is 24.3 Å². The molecular formula is C18H13F3O5. The minimum absolute atomic E-state index is 0.0229. The number of benzene rings is 2. The Morgan fingerprint density at radius 1 is 1.08 bits per heavy atom. The lowest BCUT2D eigenvalue weighted by Crippen LogP contribution is -2.12. The van der Waals surface area contributed by atoms with E-state index in [0.29, 0.717) is 17.1 Å². The van der Waals surface area contributed by atoms with E-state index in [1.165, 1.54) is 19.2 Å². The van der Waals surface area contributed by atoms with Crippen molar-refractivity contribution in [2.75, 3.05) is 13.9 Å². The van der Waals surface area contributed by atoms with E-state index in [-0.39, 0.29) is 24.3 Å². The van der Waals surface area contributed by atoms with Gasteiger partial charge in [0.15, 0.2) is 17.3 Å². The molecule has 1 aliphatic heterocycles. The Morgan fingerprint density at radius 2 is 1.69 bits per heavy atom. The highest BCUT2D eigenvalue weighted by Gasteiger charge is 2.30. The van der Waals surface area contributed by atoms with E-state index >= 15 is 0 Å². The van der Waals surface area contributed by atoms with Gasteiger partial charge >= 0.3 is 12.1 Å². The van der Waals surface area contributed by atoms with E-state index in [9.17, 15) is 22.8 Å². The zero-order valence-electron chi connectivity index (χ0n) is 13.6. The average molecular weight is 366 g/mol. The van der Waals surface area contributed by atoms with E-state index < -0.39 is 23.5 Å². The number of ketones is 1. The summed E-state index contributed by atoms with van der Waals surface area (Å²) in [6, 6.07) is 6.77. The molecule has 1 aliphatic rings. The van der Waals surface area contributed by atoms with Crippen molar-refractivity contribution in [3.8, 4) is 11.5 Å². The summed E-state index contributed by atoms with van der Waals surface area (Å²) < 4.78 is 53.1. The lowest BCUT2D eigenvalue weighted by atomic mass is 9.95. The molecule has 0 radical (unpaired) electrons. The second kappa shape index (κ2) is 6.70. The second-order valence-electron chi connectivity index (χ2n) is 5.52. The summed E-state index contributed by atoms with van der Waals surface area (Å²) in [5, 5.41) is 0. The number of hydrogen-bond acceptors (Lipinski definition) is 5. The fourth-order valence-electron chi connectivity index (χ4n) is 2.54. The number of carbonyl (C=O) groups is 2. The molecule has 0 fully saturated rings. The van der Waals surface area contributed by atoms with Crippen molar-refractivity contribution < 1.29 is 37.0 Å². The predicted octanol–water partition coefficient (Wildman–Crippen LogP) is 3.38. The quantitative estimate of drug-likeness (QED) is 0.613. The average Bonchev–Trinajstić information content (AvgIpc) is 3.07. The molecule has 8 heteroatoms. The van der Waals surface area contributed by atoms with Crippen LogP contribution >= 0.6 is 0 Å². The lowest BCUT2D eigenvalue weighted by Gasteiger charge is -2.11. The summed E-state index contributed by atoms with van der Waals surface area (Å²) in [6.45, 7) is -0.0229. The highest BCUT2D eigenvalue weighted by molar-refractivity contribution is 6.10. The number of ether oxygens (including phenoxy) is 3. The molecule has 0 saturated heterocycles. The van der Waals surface area contributed by atoms with Crippen molar-refractivity contribution in [2.24, 2.45) is 0 Å². The van der Waals surface area contributed by atoms with E-state index in [2.05, 4.69) is 4.74 Å². The SMILES string of the molecule is COC(=O)Cc1cc2c(cc1C(=O)c1ccc(C(F)(F)F)cc1)OCO2. The highest BCUT2D eigenvalue weighted by atomic mass is 19.4. The maximum absolute atomic E-state index is 12.8. The van der Waals surface area contributed by atoms with Gasteiger partial charge in [0.1, 0.15) is 0 Å². The number of alkyl halides is 3. The minimum Gasteiger partial charge on any atom is -0.469 e. The van der Waals surface area contributed by atoms with Gasteiger partial charge in [-0.15, -0.1) is 0 Å². The molecule has 5 nitrogen and oxygen atoms in total. The van der Waals surface area contributed by atoms with Gasteiger partial charge in [-0.05, 0) is 29.8 Å². The molecule has 2 aromatic rings. The zero-order chi connectivity index (χ0) is 18.9. The van der Waals surface area contributed by atoms with E-state index in [1.54, 1.807) is 0 Å². The van der Waals surface area contributed by atoms with Gasteiger partial charge < -0.3 is 14.2 Å². The normalized spacial score (nSPS) is 12.8. The Labute approximate surface area is 146 Å². The van der Waals surface area contributed by atoms with Crippen molar-refractivity contribution in [1.29, 1.82) is 0 Å². The third kappa shape index (κ3) is 3.49. The number of fused-ring (bicyclic) bond motifs is 1. The molecule has 0 aromatic heterocycles. The van der Waals surface area contributed by atoms with Gasteiger partial charge in [0.05, 0.1) is 19.1 Å². The van der Waals surface area contributed by atoms with Gasteiger partial charge in [-0.1, -0.05) is 12.1 Å². The van der Waals surface area contributed by atoms with Gasteiger partial charge in [0, 0.05) is 11.1 Å². The molecule has 0 spiro atoms. The van der Waals surface area contributed by atoms with Crippen LogP contribution in [0.2, 0.25) is 0 Å². The molecule has 3 rings (SSSR count). The largest absolute Gasteiger partial charge is 0.469 e. The molecular weight excluding hydrogens is 353 g/mol. The van der Waals surface area contributed by atoms with Gasteiger partial charge in [0.25, 0.3) is 0 Å². The third-order valence-electron chi connectivity index (χ3n) is 3.88. The van der Waals surface area contributed by atoms with Gasteiger partial charge in [-0.25, -0.2) is 0 Å². The topological polar surface area (TPSA) is 61.8 Å². The molecule has 0 unspecified atom stereocenters. The Balaban J connectivity index is 1.99. The first-order valence-corrected chi connectivity index (χ1v) is 7.51. The predicted molar refractivity (Wildman–Crippen MR) is 83.2 cm³/mol. The molecule has 136 valence electrons. The number of halogens is 3. The van der Waals surface area contributed by atoms with Crippen LogP contribution in [0.3, 0.4) is 0 Å². The highest BCUT2D eigenvalue weighted by Crippen LogP contribution is 2.36. The van der Waals surface area contributed by atoms with Crippen LogP contribution in [0.4, 0.5) is 13.2 Å². The summed E-state index contributed by atoms with van der Waals surface area (Å²) in [4.78, 5) is 24.4. The monoisotopic (exact) mass is 366 g/mol. The fraction of sp³-hybridized carbons (Fsp3) is 0.222. The van der Waals surface area contributed by atoms with Crippen LogP contribution in [0.15, 0.2) is 36.4 Å². The van der Waals surface area contributed by atoms with Crippen LogP contribution in [-0.4, -0.2) is 25.7 Å². The summed E-state index contributed by atoms with van der Waals surface area (Å²) in [6.07, 6.45) is -4.68. The first-order chi connectivity index (χ1) is 12.3. The molecule has 0 saturated carbocycles. The Hall–Kier alpha value is -3.03. The molecule has 2 aromatic carbocycles. The number of rotatable bonds is 4. The van der Waals surface area contributed by atoms with Crippen LogP contribution in [0, 0.1) is 0 Å². The number of carbonyl (C=O) groups excluding carboxylic acids is 2. The number of hydrogen-bond donors (Lipinski definition) is 0. The molecule has 0 atom stereocenters. The van der Waals surface area contributed by atoms with Crippen molar-refractivity contribution in [3.63, 3.8) is 0 Å². The van der Waals surface area contributed by atoms with E-state index in [1.807, 2.05) is 0 Å². The smallest absolute Gasteiger partial charge is 0.416 e. The summed E-state index contributed by atoms with van der Waals surface area (Å²) in [7, 11) is 1.21. The van der Waals surface area contributed by atoms with Crippen LogP contribution < -0.4 is 9.47 Å². The molecule has 0 amide bonds. The summed E-state index contributed by atoms with van der Waals surface area (Å²) >= 11 is 0. The summed E-state index contributed by atoms with van der Waals surface area (Å²) in [5.41, 5.74) is -0.317. The maximum atomic E-state index is 12.8. The van der Waals surface area contributed by atoms with E-state index in [4.69, 9.17) is 9.47 Å². The van der Waals surface area contributed by atoms with Crippen LogP contribution in [-0.2, 0) is 22.1 Å². The van der Waals surface area contributed by atoms with Crippen LogP contribution in [0.5, 0.6) is 11.5 Å². The second-order valence-corrected chi connectivity index (χ2v) is 5.52. The van der Waals surface area contributed by atoms with Crippen molar-refractivity contribution in [1.82, 2.24) is 0 Å². The molecule has 0 aliphatic carbocycles.